The Balaban J connectivity index is 2.38. The molecule has 0 aliphatic carbocycles. The molecule has 19 heavy (non-hydrogen) atoms. The molecule has 3 N–H and O–H groups in total. The van der Waals surface area contributed by atoms with E-state index in [4.69, 9.17) is 0 Å². The van der Waals surface area contributed by atoms with Crippen molar-refractivity contribution in [3.8, 4) is 0 Å². The number of aliphatic hydroxyl groups excluding tert-OH is 1. The average Bonchev–Trinajstić information content (AvgIpc) is 2.39. The summed E-state index contributed by atoms with van der Waals surface area (Å²) in [6.45, 7) is 3.92. The number of urea groups is 1. The first-order chi connectivity index (χ1) is 9.02. The zero-order valence-corrected chi connectivity index (χ0v) is 12.0. The summed E-state index contributed by atoms with van der Waals surface area (Å²) in [4.78, 5) is 11.5. The van der Waals surface area contributed by atoms with Gasteiger partial charge in [-0.25, -0.2) is 4.79 Å². The Morgan fingerprint density at radius 1 is 1.37 bits per heavy atom. The van der Waals surface area contributed by atoms with E-state index in [1.165, 1.54) is 0 Å². The molecule has 0 saturated heterocycles. The van der Waals surface area contributed by atoms with Gasteiger partial charge in [0.25, 0.3) is 0 Å². The second kappa shape index (κ2) is 7.91. The summed E-state index contributed by atoms with van der Waals surface area (Å²) in [5.74, 6) is 1.06. The highest BCUT2D eigenvalue weighted by atomic mass is 32.2. The maximum absolute atomic E-state index is 11.5. The molecule has 0 heterocycles. The number of nitrogens with one attached hydrogen (secondary N) is 2. The van der Waals surface area contributed by atoms with Gasteiger partial charge < -0.3 is 15.7 Å². The molecule has 6 heteroatoms. The van der Waals surface area contributed by atoms with E-state index in [2.05, 4.69) is 10.6 Å². The van der Waals surface area contributed by atoms with Crippen molar-refractivity contribution in [3.05, 3.63) is 29.8 Å². The van der Waals surface area contributed by atoms with Crippen LogP contribution >= 0.6 is 0 Å². The van der Waals surface area contributed by atoms with Crippen LogP contribution in [0.1, 0.15) is 25.5 Å². The van der Waals surface area contributed by atoms with E-state index >= 15 is 0 Å². The van der Waals surface area contributed by atoms with Crippen LogP contribution in [0.4, 0.5) is 10.5 Å². The Labute approximate surface area is 115 Å². The fraction of sp³-hybridized carbons (Fsp3) is 0.462. The SMILES string of the molecule is CCS(=O)CCNC(=O)Nc1ccc(C(C)O)cc1. The monoisotopic (exact) mass is 284 g/mol. The molecule has 2 atom stereocenters. The third-order valence-corrected chi connectivity index (χ3v) is 3.89. The van der Waals surface area contributed by atoms with Gasteiger partial charge in [-0.15, -0.1) is 0 Å². The van der Waals surface area contributed by atoms with Crippen LogP contribution in [0.5, 0.6) is 0 Å². The zero-order valence-electron chi connectivity index (χ0n) is 11.2. The van der Waals surface area contributed by atoms with Crippen molar-refractivity contribution in [2.75, 3.05) is 23.4 Å². The fourth-order valence-electron chi connectivity index (χ4n) is 1.44. The zero-order chi connectivity index (χ0) is 14.3. The van der Waals surface area contributed by atoms with Crippen molar-refractivity contribution in [2.45, 2.75) is 20.0 Å². The molecule has 0 aliphatic rings. The second-order valence-corrected chi connectivity index (χ2v) is 5.98. The number of carbonyl (C=O) groups excluding carboxylic acids is 1. The average molecular weight is 284 g/mol. The summed E-state index contributed by atoms with van der Waals surface area (Å²) in [6, 6.07) is 6.65. The number of aliphatic hydroxyl groups is 1. The summed E-state index contributed by atoms with van der Waals surface area (Å²) < 4.78 is 11.2. The summed E-state index contributed by atoms with van der Waals surface area (Å²) in [7, 11) is -0.869. The quantitative estimate of drug-likeness (QED) is 0.743. The van der Waals surface area contributed by atoms with Crippen LogP contribution in [0.25, 0.3) is 0 Å². The molecule has 0 saturated carbocycles. The summed E-state index contributed by atoms with van der Waals surface area (Å²) in [5, 5.41) is 14.7. The Kier molecular flexibility index (Phi) is 6.52. The molecule has 106 valence electrons. The molecule has 0 aliphatic heterocycles. The third-order valence-electron chi connectivity index (χ3n) is 2.59. The van der Waals surface area contributed by atoms with Gasteiger partial charge in [-0.1, -0.05) is 19.1 Å². The van der Waals surface area contributed by atoms with Gasteiger partial charge in [-0.05, 0) is 24.6 Å². The van der Waals surface area contributed by atoms with E-state index in [9.17, 15) is 14.1 Å². The van der Waals surface area contributed by atoms with Crippen molar-refractivity contribution >= 4 is 22.5 Å². The normalized spacial score (nSPS) is 13.6. The molecular formula is C13H20N2O3S. The van der Waals surface area contributed by atoms with E-state index in [0.717, 1.165) is 5.56 Å². The molecular weight excluding hydrogens is 264 g/mol. The molecule has 0 spiro atoms. The molecule has 1 rings (SSSR count). The molecule has 5 nitrogen and oxygen atoms in total. The van der Waals surface area contributed by atoms with Crippen LogP contribution in [-0.2, 0) is 10.8 Å². The number of hydrogen-bond acceptors (Lipinski definition) is 3. The molecule has 0 fully saturated rings. The van der Waals surface area contributed by atoms with Gasteiger partial charge in [0.1, 0.15) is 0 Å². The van der Waals surface area contributed by atoms with Crippen LogP contribution in [0.2, 0.25) is 0 Å². The number of amides is 2. The van der Waals surface area contributed by atoms with E-state index < -0.39 is 16.9 Å². The lowest BCUT2D eigenvalue weighted by molar-refractivity contribution is 0.199. The summed E-state index contributed by atoms with van der Waals surface area (Å²) in [6.07, 6.45) is -0.521. The largest absolute Gasteiger partial charge is 0.389 e. The van der Waals surface area contributed by atoms with Crippen molar-refractivity contribution in [3.63, 3.8) is 0 Å². The summed E-state index contributed by atoms with van der Waals surface area (Å²) >= 11 is 0. The smallest absolute Gasteiger partial charge is 0.319 e. The Bertz CT molecular complexity index is 432. The number of anilines is 1. The van der Waals surface area contributed by atoms with Crippen LogP contribution < -0.4 is 10.6 Å². The molecule has 0 bridgehead atoms. The van der Waals surface area contributed by atoms with Crippen molar-refractivity contribution in [1.29, 1.82) is 0 Å². The Morgan fingerprint density at radius 2 is 2.00 bits per heavy atom. The number of hydrogen-bond donors (Lipinski definition) is 3. The van der Waals surface area contributed by atoms with E-state index in [0.29, 0.717) is 23.7 Å². The molecule has 1 aromatic carbocycles. The maximum Gasteiger partial charge on any atom is 0.319 e. The Morgan fingerprint density at radius 3 is 2.53 bits per heavy atom. The molecule has 0 aromatic heterocycles. The fourth-order valence-corrected chi connectivity index (χ4v) is 2.06. The van der Waals surface area contributed by atoms with Gasteiger partial charge in [0.2, 0.25) is 0 Å². The minimum absolute atomic E-state index is 0.321. The summed E-state index contributed by atoms with van der Waals surface area (Å²) in [5.41, 5.74) is 1.45. The lowest BCUT2D eigenvalue weighted by atomic mass is 10.1. The minimum Gasteiger partial charge on any atom is -0.389 e. The van der Waals surface area contributed by atoms with Gasteiger partial charge in [0, 0.05) is 34.5 Å². The highest BCUT2D eigenvalue weighted by molar-refractivity contribution is 7.84. The maximum atomic E-state index is 11.5. The third kappa shape index (κ3) is 5.85. The highest BCUT2D eigenvalue weighted by Gasteiger charge is 2.04. The first-order valence-corrected chi connectivity index (χ1v) is 7.69. The molecule has 0 radical (unpaired) electrons. The minimum atomic E-state index is -0.869. The second-order valence-electron chi connectivity index (χ2n) is 4.11. The van der Waals surface area contributed by atoms with E-state index in [1.54, 1.807) is 31.2 Å². The van der Waals surface area contributed by atoms with Crippen LogP contribution in [0.3, 0.4) is 0 Å². The van der Waals surface area contributed by atoms with Gasteiger partial charge in [-0.2, -0.15) is 0 Å². The van der Waals surface area contributed by atoms with Gasteiger partial charge in [0.05, 0.1) is 6.10 Å². The van der Waals surface area contributed by atoms with Crippen LogP contribution in [0, 0.1) is 0 Å². The first kappa shape index (κ1) is 15.7. The lowest BCUT2D eigenvalue weighted by Gasteiger charge is -2.09. The van der Waals surface area contributed by atoms with Gasteiger partial charge >= 0.3 is 6.03 Å². The molecule has 2 amide bonds. The highest BCUT2D eigenvalue weighted by Crippen LogP contribution is 2.15. The molecule has 2 unspecified atom stereocenters. The predicted octanol–water partition coefficient (Wildman–Crippen LogP) is 1.63. The predicted molar refractivity (Wildman–Crippen MR) is 77.6 cm³/mol. The number of carbonyl (C=O) groups is 1. The standard InChI is InChI=1S/C13H20N2O3S/c1-3-19(18)9-8-14-13(17)15-12-6-4-11(5-7-12)10(2)16/h4-7,10,16H,3,8-9H2,1-2H3,(H2,14,15,17). The van der Waals surface area contributed by atoms with E-state index in [1.807, 2.05) is 6.92 Å². The Hall–Kier alpha value is -1.40. The topological polar surface area (TPSA) is 78.4 Å². The van der Waals surface area contributed by atoms with Crippen LogP contribution in [-0.4, -0.2) is 33.4 Å². The van der Waals surface area contributed by atoms with Gasteiger partial charge in [-0.3, -0.25) is 4.21 Å². The van der Waals surface area contributed by atoms with Crippen LogP contribution in [0.15, 0.2) is 24.3 Å². The van der Waals surface area contributed by atoms with Gasteiger partial charge in [0.15, 0.2) is 0 Å². The first-order valence-electron chi connectivity index (χ1n) is 6.20. The van der Waals surface area contributed by atoms with Crippen molar-refractivity contribution < 1.29 is 14.1 Å². The lowest BCUT2D eigenvalue weighted by Crippen LogP contribution is -2.32. The van der Waals surface area contributed by atoms with E-state index in [-0.39, 0.29) is 6.03 Å². The molecule has 1 aromatic rings. The van der Waals surface area contributed by atoms with Crippen molar-refractivity contribution in [2.24, 2.45) is 0 Å². The van der Waals surface area contributed by atoms with Crippen molar-refractivity contribution in [1.82, 2.24) is 5.32 Å². The number of benzene rings is 1. The number of rotatable bonds is 6.